The SMILES string of the molecule is COC1=CC=C(C=O)CC=C1.Oc1ccc(Cl)c2cccnc12. The predicted molar refractivity (Wildman–Crippen MR) is 91.4 cm³/mol. The molecule has 1 aliphatic rings. The van der Waals surface area contributed by atoms with Crippen molar-refractivity contribution in [3.8, 4) is 5.75 Å². The van der Waals surface area contributed by atoms with E-state index >= 15 is 0 Å². The number of phenols is 1. The number of aromatic nitrogens is 1. The number of carbonyl (C=O) groups is 1. The van der Waals surface area contributed by atoms with Crippen molar-refractivity contribution in [2.24, 2.45) is 0 Å². The van der Waals surface area contributed by atoms with Crippen LogP contribution in [0.4, 0.5) is 0 Å². The van der Waals surface area contributed by atoms with Crippen molar-refractivity contribution in [2.45, 2.75) is 6.42 Å². The topological polar surface area (TPSA) is 59.4 Å². The molecular weight excluding hydrogens is 314 g/mol. The highest BCUT2D eigenvalue weighted by Gasteiger charge is 2.02. The Morgan fingerprint density at radius 1 is 1.30 bits per heavy atom. The van der Waals surface area contributed by atoms with Crippen molar-refractivity contribution < 1.29 is 14.6 Å². The van der Waals surface area contributed by atoms with Gasteiger partial charge in [0.15, 0.2) is 0 Å². The number of aromatic hydroxyl groups is 1. The van der Waals surface area contributed by atoms with Crippen LogP contribution in [-0.2, 0) is 9.53 Å². The van der Waals surface area contributed by atoms with E-state index < -0.39 is 0 Å². The molecule has 0 bridgehead atoms. The van der Waals surface area contributed by atoms with E-state index in [2.05, 4.69) is 4.98 Å². The zero-order valence-corrected chi connectivity index (χ0v) is 13.3. The monoisotopic (exact) mass is 329 g/mol. The second-order valence-electron chi connectivity index (χ2n) is 4.71. The number of rotatable bonds is 2. The number of halogens is 1. The van der Waals surface area contributed by atoms with Crippen LogP contribution in [-0.4, -0.2) is 23.5 Å². The van der Waals surface area contributed by atoms with Gasteiger partial charge in [-0.2, -0.15) is 0 Å². The van der Waals surface area contributed by atoms with E-state index in [0.29, 0.717) is 17.0 Å². The number of benzene rings is 1. The van der Waals surface area contributed by atoms with Crippen molar-refractivity contribution in [3.05, 3.63) is 71.1 Å². The molecule has 118 valence electrons. The molecule has 0 amide bonds. The first-order chi connectivity index (χ1) is 11.2. The van der Waals surface area contributed by atoms with Crippen LogP contribution < -0.4 is 0 Å². The third-order valence-corrected chi connectivity index (χ3v) is 3.51. The van der Waals surface area contributed by atoms with Gasteiger partial charge in [-0.1, -0.05) is 23.8 Å². The molecule has 0 aliphatic heterocycles. The first-order valence-corrected chi connectivity index (χ1v) is 7.32. The first-order valence-electron chi connectivity index (χ1n) is 6.94. The molecule has 3 rings (SSSR count). The summed E-state index contributed by atoms with van der Waals surface area (Å²) in [6.45, 7) is 0. The van der Waals surface area contributed by atoms with Gasteiger partial charge in [-0.25, -0.2) is 0 Å². The van der Waals surface area contributed by atoms with Gasteiger partial charge in [0, 0.05) is 11.6 Å². The maximum absolute atomic E-state index is 10.3. The van der Waals surface area contributed by atoms with Crippen LogP contribution in [0.15, 0.2) is 66.1 Å². The molecule has 0 saturated heterocycles. The average Bonchev–Trinajstić information content (AvgIpc) is 2.84. The Bertz CT molecular complexity index is 753. The largest absolute Gasteiger partial charge is 0.506 e. The fourth-order valence-corrected chi connectivity index (χ4v) is 2.19. The molecule has 0 atom stereocenters. The second-order valence-corrected chi connectivity index (χ2v) is 5.11. The number of methoxy groups -OCH3 is 1. The lowest BCUT2D eigenvalue weighted by Gasteiger charge is -2.00. The third-order valence-electron chi connectivity index (χ3n) is 3.18. The predicted octanol–water partition coefficient (Wildman–Crippen LogP) is 4.20. The molecule has 1 aromatic carbocycles. The van der Waals surface area contributed by atoms with E-state index in [0.717, 1.165) is 23.0 Å². The molecule has 0 saturated carbocycles. The quantitative estimate of drug-likeness (QED) is 0.839. The molecule has 0 spiro atoms. The van der Waals surface area contributed by atoms with Crippen LogP contribution in [0.1, 0.15) is 6.42 Å². The molecule has 4 nitrogen and oxygen atoms in total. The van der Waals surface area contributed by atoms with Crippen molar-refractivity contribution in [2.75, 3.05) is 7.11 Å². The minimum Gasteiger partial charge on any atom is -0.506 e. The molecule has 0 radical (unpaired) electrons. The van der Waals surface area contributed by atoms with Crippen LogP contribution >= 0.6 is 11.6 Å². The number of fused-ring (bicyclic) bond motifs is 1. The molecule has 1 heterocycles. The minimum absolute atomic E-state index is 0.162. The van der Waals surface area contributed by atoms with Crippen molar-refractivity contribution in [1.82, 2.24) is 4.98 Å². The Labute approximate surface area is 139 Å². The molecule has 1 aromatic heterocycles. The number of phenolic OH excluding ortho intramolecular Hbond substituents is 1. The maximum Gasteiger partial charge on any atom is 0.146 e. The standard InChI is InChI=1S/C9H6ClNO.C9H10O2/c10-7-3-4-8(12)9-6(7)2-1-5-11-9;1-11-9-4-2-3-8(7-10)5-6-9/h1-5,12H;2,4-7H,3H2,1H3. The van der Waals surface area contributed by atoms with Gasteiger partial charge in [0.25, 0.3) is 0 Å². The fraction of sp³-hybridized carbons (Fsp3) is 0.111. The van der Waals surface area contributed by atoms with Crippen LogP contribution in [0.5, 0.6) is 5.75 Å². The van der Waals surface area contributed by atoms with Gasteiger partial charge in [0.1, 0.15) is 23.3 Å². The highest BCUT2D eigenvalue weighted by atomic mass is 35.5. The van der Waals surface area contributed by atoms with E-state index in [9.17, 15) is 9.90 Å². The second kappa shape index (κ2) is 8.15. The summed E-state index contributed by atoms with van der Waals surface area (Å²) in [6.07, 6.45) is 10.5. The molecule has 1 aliphatic carbocycles. The first kappa shape index (κ1) is 16.8. The number of nitrogens with zero attached hydrogens (tertiary/aromatic N) is 1. The van der Waals surface area contributed by atoms with E-state index in [4.69, 9.17) is 16.3 Å². The van der Waals surface area contributed by atoms with Gasteiger partial charge >= 0.3 is 0 Å². The van der Waals surface area contributed by atoms with Gasteiger partial charge in [-0.05, 0) is 48.4 Å². The lowest BCUT2D eigenvalue weighted by atomic mass is 10.2. The highest BCUT2D eigenvalue weighted by Crippen LogP contribution is 2.28. The molecule has 23 heavy (non-hydrogen) atoms. The van der Waals surface area contributed by atoms with E-state index in [1.807, 2.05) is 18.2 Å². The Kier molecular flexibility index (Phi) is 5.94. The number of aldehydes is 1. The minimum atomic E-state index is 0.162. The molecule has 2 aromatic rings. The number of allylic oxidation sites excluding steroid dienone is 5. The summed E-state index contributed by atoms with van der Waals surface area (Å²) in [7, 11) is 1.61. The Morgan fingerprint density at radius 3 is 2.83 bits per heavy atom. The smallest absolute Gasteiger partial charge is 0.146 e. The number of pyridine rings is 1. The van der Waals surface area contributed by atoms with Gasteiger partial charge in [0.2, 0.25) is 0 Å². The summed E-state index contributed by atoms with van der Waals surface area (Å²) in [5.41, 5.74) is 1.32. The Hall–Kier alpha value is -2.59. The fourth-order valence-electron chi connectivity index (χ4n) is 1.97. The number of carbonyl (C=O) groups excluding carboxylic acids is 1. The maximum atomic E-state index is 10.3. The average molecular weight is 330 g/mol. The van der Waals surface area contributed by atoms with Gasteiger partial charge < -0.3 is 9.84 Å². The normalized spacial score (nSPS) is 13.3. The molecule has 1 N–H and O–H groups in total. The zero-order chi connectivity index (χ0) is 16.7. The van der Waals surface area contributed by atoms with E-state index in [1.165, 1.54) is 6.07 Å². The highest BCUT2D eigenvalue weighted by molar-refractivity contribution is 6.35. The van der Waals surface area contributed by atoms with Crippen LogP contribution in [0.25, 0.3) is 10.9 Å². The zero-order valence-electron chi connectivity index (χ0n) is 12.6. The Morgan fingerprint density at radius 2 is 2.13 bits per heavy atom. The van der Waals surface area contributed by atoms with E-state index in [1.54, 1.807) is 37.6 Å². The van der Waals surface area contributed by atoms with Gasteiger partial charge in [-0.15, -0.1) is 0 Å². The summed E-state index contributed by atoms with van der Waals surface area (Å²) in [4.78, 5) is 14.3. The van der Waals surface area contributed by atoms with Crippen LogP contribution in [0.2, 0.25) is 5.02 Å². The summed E-state index contributed by atoms with van der Waals surface area (Å²) in [6, 6.07) is 6.80. The third kappa shape index (κ3) is 4.44. The molecule has 0 unspecified atom stereocenters. The molecule has 0 fully saturated rings. The van der Waals surface area contributed by atoms with Crippen molar-refractivity contribution >= 4 is 28.8 Å². The lowest BCUT2D eigenvalue weighted by molar-refractivity contribution is -0.105. The van der Waals surface area contributed by atoms with Crippen molar-refractivity contribution in [3.63, 3.8) is 0 Å². The van der Waals surface area contributed by atoms with Crippen LogP contribution in [0, 0.1) is 0 Å². The van der Waals surface area contributed by atoms with Crippen LogP contribution in [0.3, 0.4) is 0 Å². The number of hydrogen-bond acceptors (Lipinski definition) is 4. The molecular formula is C18H16ClNO3. The summed E-state index contributed by atoms with van der Waals surface area (Å²) >= 11 is 5.88. The summed E-state index contributed by atoms with van der Waals surface area (Å²) in [5, 5.41) is 10.8. The summed E-state index contributed by atoms with van der Waals surface area (Å²) in [5.74, 6) is 0.942. The lowest BCUT2D eigenvalue weighted by Crippen LogP contribution is -1.78. The van der Waals surface area contributed by atoms with E-state index in [-0.39, 0.29) is 5.75 Å². The van der Waals surface area contributed by atoms with Crippen molar-refractivity contribution in [1.29, 1.82) is 0 Å². The van der Waals surface area contributed by atoms with Gasteiger partial charge in [0.05, 0.1) is 12.1 Å². The number of hydrogen-bond donors (Lipinski definition) is 1. The Balaban J connectivity index is 0.000000168. The van der Waals surface area contributed by atoms with Gasteiger partial charge in [-0.3, -0.25) is 9.78 Å². The number of ether oxygens (including phenoxy) is 1. The summed E-state index contributed by atoms with van der Waals surface area (Å²) < 4.78 is 4.98. The molecule has 5 heteroatoms.